The van der Waals surface area contributed by atoms with Crippen LogP contribution in [0.25, 0.3) is 10.8 Å². The van der Waals surface area contributed by atoms with E-state index in [0.717, 1.165) is 27.7 Å². The lowest BCUT2D eigenvalue weighted by Crippen LogP contribution is -2.56. The molecule has 1 aromatic heterocycles. The Morgan fingerprint density at radius 1 is 1.10 bits per heavy atom. The number of benzene rings is 2. The zero-order valence-corrected chi connectivity index (χ0v) is 28.8. The van der Waals surface area contributed by atoms with Crippen molar-refractivity contribution in [3.05, 3.63) is 64.8 Å². The van der Waals surface area contributed by atoms with Gasteiger partial charge >= 0.3 is 6.01 Å². The third kappa shape index (κ3) is 7.36. The predicted molar refractivity (Wildman–Crippen MR) is 187 cm³/mol. The van der Waals surface area contributed by atoms with Crippen LogP contribution in [0.3, 0.4) is 0 Å². The molecule has 3 atom stereocenters. The van der Waals surface area contributed by atoms with E-state index < -0.39 is 24.4 Å². The summed E-state index contributed by atoms with van der Waals surface area (Å²) in [6, 6.07) is 13.6. The molecule has 0 spiro atoms. The third-order valence-corrected chi connectivity index (χ3v) is 10.6. The van der Waals surface area contributed by atoms with Gasteiger partial charge in [0.1, 0.15) is 24.8 Å². The van der Waals surface area contributed by atoms with Crippen molar-refractivity contribution in [2.75, 3.05) is 75.8 Å². The molecule has 10 nitrogen and oxygen atoms in total. The first-order valence-corrected chi connectivity index (χ1v) is 17.6. The van der Waals surface area contributed by atoms with Crippen molar-refractivity contribution in [1.29, 1.82) is 5.26 Å². The molecule has 1 unspecified atom stereocenters. The molecule has 0 bridgehead atoms. The summed E-state index contributed by atoms with van der Waals surface area (Å²) in [6.45, 7) is 3.70. The molecule has 3 fully saturated rings. The van der Waals surface area contributed by atoms with Gasteiger partial charge in [0.05, 0.1) is 36.3 Å². The lowest BCUT2D eigenvalue weighted by Gasteiger charge is -2.43. The standard InChI is InChI=1S/C36H42ClF3N8O2/c1-44-23-36(39,40)17-27(44)22-50-35-42-30-21-46(31-8-3-6-24-5-2-7-29(37)33(24)31)14-11-28(30)34(43-35)47-15-16-48(26(20-47)10-12-41)32(49)9-4-13-45-18-25(38)19-45/h2-9,25-27,32,49H,10-11,13-23H2,1H3/b9-4+/t26-,27-,32?/m0/s1. The minimum atomic E-state index is -2.77. The van der Waals surface area contributed by atoms with Crippen LogP contribution in [0.2, 0.25) is 5.02 Å². The number of halogens is 4. The molecule has 0 saturated carbocycles. The number of rotatable bonds is 10. The molecule has 14 heteroatoms. The zero-order valence-electron chi connectivity index (χ0n) is 28.1. The first-order chi connectivity index (χ1) is 24.1. The van der Waals surface area contributed by atoms with E-state index in [2.05, 4.69) is 21.9 Å². The molecule has 2 aromatic carbocycles. The van der Waals surface area contributed by atoms with Gasteiger partial charge in [0.15, 0.2) is 0 Å². The number of likely N-dealkylation sites (tertiary alicyclic amines) is 2. The van der Waals surface area contributed by atoms with Gasteiger partial charge < -0.3 is 19.6 Å². The van der Waals surface area contributed by atoms with Crippen LogP contribution in [0.1, 0.15) is 24.1 Å². The Hall–Kier alpha value is -3.67. The van der Waals surface area contributed by atoms with Crippen molar-refractivity contribution in [3.8, 4) is 12.1 Å². The second kappa shape index (κ2) is 14.5. The topological polar surface area (TPSA) is 95.2 Å². The van der Waals surface area contributed by atoms with Gasteiger partial charge in [0.25, 0.3) is 5.92 Å². The van der Waals surface area contributed by atoms with E-state index >= 15 is 0 Å². The van der Waals surface area contributed by atoms with Crippen LogP contribution in [0.15, 0.2) is 48.6 Å². The number of ether oxygens (including phenoxy) is 1. The summed E-state index contributed by atoms with van der Waals surface area (Å²) in [5, 5.41) is 23.5. The van der Waals surface area contributed by atoms with E-state index in [1.807, 2.05) is 46.2 Å². The molecule has 4 aliphatic rings. The highest BCUT2D eigenvalue weighted by molar-refractivity contribution is 6.36. The van der Waals surface area contributed by atoms with Crippen LogP contribution < -0.4 is 14.5 Å². The van der Waals surface area contributed by atoms with Crippen molar-refractivity contribution >= 4 is 33.9 Å². The Labute approximate surface area is 295 Å². The molecule has 7 rings (SSSR count). The maximum absolute atomic E-state index is 14.2. The summed E-state index contributed by atoms with van der Waals surface area (Å²) in [7, 11) is 1.67. The summed E-state index contributed by atoms with van der Waals surface area (Å²) in [6.07, 6.45) is 2.44. The summed E-state index contributed by atoms with van der Waals surface area (Å²) in [5.74, 6) is -2.07. The number of likely N-dealkylation sites (N-methyl/N-ethyl adjacent to an activating group) is 1. The second-order valence-electron chi connectivity index (χ2n) is 13.8. The summed E-state index contributed by atoms with van der Waals surface area (Å²) in [4.78, 5) is 19.6. The SMILES string of the molecule is CN1CC(F)(F)C[C@H]1COc1nc2c(c(N3CCN(C(O)/C=C/CN4CC(F)C4)[C@@H](CC#N)C3)n1)CCN(c1cccc3cccc(Cl)c13)C2. The van der Waals surface area contributed by atoms with Crippen LogP contribution in [0, 0.1) is 11.3 Å². The fourth-order valence-electron chi connectivity index (χ4n) is 7.67. The molecular weight excluding hydrogens is 669 g/mol. The monoisotopic (exact) mass is 710 g/mol. The van der Waals surface area contributed by atoms with E-state index in [4.69, 9.17) is 26.3 Å². The molecule has 0 amide bonds. The molecule has 266 valence electrons. The maximum Gasteiger partial charge on any atom is 0.318 e. The van der Waals surface area contributed by atoms with Gasteiger partial charge in [-0.1, -0.05) is 41.9 Å². The third-order valence-electron chi connectivity index (χ3n) is 10.3. The summed E-state index contributed by atoms with van der Waals surface area (Å²) in [5.41, 5.74) is 2.77. The largest absolute Gasteiger partial charge is 0.462 e. The van der Waals surface area contributed by atoms with Gasteiger partial charge in [-0.25, -0.2) is 13.2 Å². The molecule has 0 aliphatic carbocycles. The number of piperazine rings is 1. The van der Waals surface area contributed by atoms with E-state index in [0.29, 0.717) is 69.6 Å². The van der Waals surface area contributed by atoms with E-state index in [9.17, 15) is 23.5 Å². The van der Waals surface area contributed by atoms with Crippen LogP contribution in [-0.2, 0) is 13.0 Å². The smallest absolute Gasteiger partial charge is 0.318 e. The minimum absolute atomic E-state index is 0.0275. The lowest BCUT2D eigenvalue weighted by atomic mass is 10.0. The van der Waals surface area contributed by atoms with Crippen molar-refractivity contribution in [3.63, 3.8) is 0 Å². The van der Waals surface area contributed by atoms with Gasteiger partial charge in [-0.05, 0) is 37.1 Å². The normalized spacial score (nSPS) is 24.0. The number of nitrogens with zero attached hydrogens (tertiary/aromatic N) is 8. The van der Waals surface area contributed by atoms with Crippen LogP contribution in [-0.4, -0.2) is 126 Å². The van der Waals surface area contributed by atoms with Crippen LogP contribution in [0.5, 0.6) is 6.01 Å². The number of alkyl halides is 3. The zero-order chi connectivity index (χ0) is 35.0. The van der Waals surface area contributed by atoms with Crippen molar-refractivity contribution < 1.29 is 23.0 Å². The van der Waals surface area contributed by atoms with Gasteiger partial charge in [-0.15, -0.1) is 0 Å². The Morgan fingerprint density at radius 3 is 2.64 bits per heavy atom. The molecule has 0 radical (unpaired) electrons. The van der Waals surface area contributed by atoms with E-state index in [1.54, 1.807) is 18.0 Å². The van der Waals surface area contributed by atoms with Gasteiger partial charge in [-0.2, -0.15) is 15.2 Å². The fraction of sp³-hybridized carbons (Fsp3) is 0.528. The first kappa shape index (κ1) is 34.8. The highest BCUT2D eigenvalue weighted by atomic mass is 35.5. The number of hydrogen-bond acceptors (Lipinski definition) is 10. The van der Waals surface area contributed by atoms with Crippen LogP contribution >= 0.6 is 11.6 Å². The first-order valence-electron chi connectivity index (χ1n) is 17.2. The highest BCUT2D eigenvalue weighted by Crippen LogP contribution is 2.38. The number of aromatic nitrogens is 2. The van der Waals surface area contributed by atoms with Crippen molar-refractivity contribution in [2.45, 2.75) is 56.2 Å². The van der Waals surface area contributed by atoms with Gasteiger partial charge in [0, 0.05) is 81.0 Å². The van der Waals surface area contributed by atoms with E-state index in [1.165, 1.54) is 0 Å². The quantitative estimate of drug-likeness (QED) is 0.304. The molecule has 3 aromatic rings. The molecular formula is C36H42ClF3N8O2. The second-order valence-corrected chi connectivity index (χ2v) is 14.2. The summed E-state index contributed by atoms with van der Waals surface area (Å²) < 4.78 is 47.6. The van der Waals surface area contributed by atoms with E-state index in [-0.39, 0.29) is 38.0 Å². The minimum Gasteiger partial charge on any atom is -0.462 e. The molecule has 4 aliphatic heterocycles. The fourth-order valence-corrected chi connectivity index (χ4v) is 7.95. The average Bonchev–Trinajstić information content (AvgIpc) is 3.36. The van der Waals surface area contributed by atoms with Crippen molar-refractivity contribution in [2.24, 2.45) is 0 Å². The molecule has 50 heavy (non-hydrogen) atoms. The highest BCUT2D eigenvalue weighted by Gasteiger charge is 2.43. The summed E-state index contributed by atoms with van der Waals surface area (Å²) >= 11 is 6.70. The Balaban J connectivity index is 1.15. The maximum atomic E-state index is 14.2. The number of aliphatic hydroxyl groups is 1. The number of hydrogen-bond donors (Lipinski definition) is 1. The molecule has 5 heterocycles. The molecule has 3 saturated heterocycles. The van der Waals surface area contributed by atoms with Gasteiger partial charge in [-0.3, -0.25) is 14.7 Å². The lowest BCUT2D eigenvalue weighted by molar-refractivity contribution is 0.00352. The van der Waals surface area contributed by atoms with Crippen molar-refractivity contribution in [1.82, 2.24) is 24.7 Å². The number of aliphatic hydroxyl groups excluding tert-OH is 1. The predicted octanol–water partition coefficient (Wildman–Crippen LogP) is 4.50. The van der Waals surface area contributed by atoms with Crippen LogP contribution in [0.4, 0.5) is 24.7 Å². The van der Waals surface area contributed by atoms with Gasteiger partial charge in [0.2, 0.25) is 0 Å². The average molecular weight is 711 g/mol. The number of anilines is 2. The Bertz CT molecular complexity index is 1760. The Kier molecular flexibility index (Phi) is 10.1. The number of nitriles is 1. The number of fused-ring (bicyclic) bond motifs is 2. The Morgan fingerprint density at radius 2 is 1.90 bits per heavy atom. The molecule has 1 N–H and O–H groups in total.